The molecule has 3 heteroatoms. The second kappa shape index (κ2) is 16.2. The molecule has 0 aromatic rings. The first kappa shape index (κ1) is 19.1. The van der Waals surface area contributed by atoms with Crippen LogP contribution in [-0.4, -0.2) is 14.5 Å². The van der Waals surface area contributed by atoms with Crippen molar-refractivity contribution in [2.24, 2.45) is 0 Å². The fourth-order valence-electron chi connectivity index (χ4n) is 2.41. The summed E-state index contributed by atoms with van der Waals surface area (Å²) in [6.45, 7) is 2.26. The van der Waals surface area contributed by atoms with E-state index in [1.807, 2.05) is 0 Å². The fourth-order valence-corrected chi connectivity index (χ4v) is 2.85. The van der Waals surface area contributed by atoms with Gasteiger partial charge in [0.25, 0.3) is 0 Å². The van der Waals surface area contributed by atoms with Gasteiger partial charge in [-0.15, -0.1) is 0 Å². The standard InChI is InChI=1S/C16H34O2S/c1-2-3-4-5-6-7-8-9-10-11-12-13-14-15-16-19(17)18/h2-16H2,1H3,(H,17,18)/p-1. The van der Waals surface area contributed by atoms with E-state index < -0.39 is 11.1 Å². The van der Waals surface area contributed by atoms with E-state index in [-0.39, 0.29) is 0 Å². The van der Waals surface area contributed by atoms with E-state index in [4.69, 9.17) is 0 Å². The fraction of sp³-hybridized carbons (Fsp3) is 1.00. The lowest BCUT2D eigenvalue weighted by Crippen LogP contribution is -1.94. The summed E-state index contributed by atoms with van der Waals surface area (Å²) in [5.74, 6) is 0.345. The van der Waals surface area contributed by atoms with Crippen molar-refractivity contribution in [2.75, 3.05) is 5.75 Å². The minimum atomic E-state index is -1.83. The number of hydrogen-bond acceptors (Lipinski definition) is 2. The molecule has 1 atom stereocenters. The Hall–Kier alpha value is 0.110. The van der Waals surface area contributed by atoms with Gasteiger partial charge in [0.2, 0.25) is 0 Å². The Labute approximate surface area is 123 Å². The Morgan fingerprint density at radius 1 is 0.632 bits per heavy atom. The van der Waals surface area contributed by atoms with Crippen LogP contribution in [0.15, 0.2) is 0 Å². The molecule has 116 valence electrons. The van der Waals surface area contributed by atoms with Crippen LogP contribution in [0.3, 0.4) is 0 Å². The summed E-state index contributed by atoms with van der Waals surface area (Å²) in [6.07, 6.45) is 18.3. The van der Waals surface area contributed by atoms with E-state index in [0.717, 1.165) is 12.8 Å². The van der Waals surface area contributed by atoms with Gasteiger partial charge in [0, 0.05) is 5.75 Å². The molecule has 0 aliphatic rings. The first-order chi connectivity index (χ1) is 9.27. The third-order valence-electron chi connectivity index (χ3n) is 3.66. The Morgan fingerprint density at radius 3 is 1.26 bits per heavy atom. The monoisotopic (exact) mass is 289 g/mol. The van der Waals surface area contributed by atoms with Crippen LogP contribution in [0.25, 0.3) is 0 Å². The van der Waals surface area contributed by atoms with Crippen molar-refractivity contribution < 1.29 is 8.76 Å². The molecular weight excluding hydrogens is 256 g/mol. The molecular formula is C16H33O2S-. The lowest BCUT2D eigenvalue weighted by molar-refractivity contribution is 0.525. The van der Waals surface area contributed by atoms with Crippen LogP contribution < -0.4 is 0 Å². The zero-order valence-corrected chi connectivity index (χ0v) is 13.6. The summed E-state index contributed by atoms with van der Waals surface area (Å²) in [4.78, 5) is 0. The highest BCUT2D eigenvalue weighted by Gasteiger charge is 1.94. The van der Waals surface area contributed by atoms with Gasteiger partial charge in [0.15, 0.2) is 0 Å². The maximum absolute atomic E-state index is 10.3. The lowest BCUT2D eigenvalue weighted by atomic mass is 10.0. The van der Waals surface area contributed by atoms with E-state index in [1.54, 1.807) is 0 Å². The minimum absolute atomic E-state index is 0.345. The van der Waals surface area contributed by atoms with Gasteiger partial charge < -0.3 is 4.55 Å². The van der Waals surface area contributed by atoms with E-state index in [0.29, 0.717) is 5.75 Å². The molecule has 0 saturated carbocycles. The van der Waals surface area contributed by atoms with Crippen molar-refractivity contribution in [2.45, 2.75) is 96.8 Å². The Kier molecular flexibility index (Phi) is 16.3. The third-order valence-corrected chi connectivity index (χ3v) is 4.29. The van der Waals surface area contributed by atoms with Crippen molar-refractivity contribution in [3.8, 4) is 0 Å². The smallest absolute Gasteiger partial charge is 0.0102 e. The summed E-state index contributed by atoms with van der Waals surface area (Å²) in [6, 6.07) is 0. The molecule has 0 radical (unpaired) electrons. The van der Waals surface area contributed by atoms with Crippen LogP contribution in [0.2, 0.25) is 0 Å². The zero-order valence-electron chi connectivity index (χ0n) is 12.8. The molecule has 0 amide bonds. The van der Waals surface area contributed by atoms with Crippen LogP contribution in [0, 0.1) is 0 Å². The molecule has 0 rings (SSSR count). The molecule has 0 bridgehead atoms. The Morgan fingerprint density at radius 2 is 0.947 bits per heavy atom. The molecule has 0 N–H and O–H groups in total. The lowest BCUT2D eigenvalue weighted by Gasteiger charge is -2.04. The molecule has 0 aliphatic carbocycles. The number of hydrogen-bond donors (Lipinski definition) is 0. The molecule has 19 heavy (non-hydrogen) atoms. The SMILES string of the molecule is CCCCCCCCCCCCCCCCS(=O)[O-]. The highest BCUT2D eigenvalue weighted by atomic mass is 32.2. The first-order valence-corrected chi connectivity index (χ1v) is 9.57. The van der Waals surface area contributed by atoms with Crippen molar-refractivity contribution in [1.82, 2.24) is 0 Å². The number of rotatable bonds is 15. The van der Waals surface area contributed by atoms with Crippen LogP contribution in [0.5, 0.6) is 0 Å². The molecule has 0 saturated heterocycles. The predicted molar refractivity (Wildman–Crippen MR) is 84.1 cm³/mol. The number of unbranched alkanes of at least 4 members (excludes halogenated alkanes) is 13. The maximum Gasteiger partial charge on any atom is 0.0102 e. The highest BCUT2D eigenvalue weighted by Crippen LogP contribution is 2.12. The average Bonchev–Trinajstić information content (AvgIpc) is 2.39. The Bertz CT molecular complexity index is 195. The second-order valence-corrected chi connectivity index (χ2v) is 6.62. The molecule has 2 nitrogen and oxygen atoms in total. The summed E-state index contributed by atoms with van der Waals surface area (Å²) >= 11 is -1.83. The normalized spacial score (nSPS) is 12.7. The van der Waals surface area contributed by atoms with Crippen molar-refractivity contribution in [1.29, 1.82) is 0 Å². The summed E-state index contributed by atoms with van der Waals surface area (Å²) < 4.78 is 20.6. The quantitative estimate of drug-likeness (QED) is 0.301. The van der Waals surface area contributed by atoms with Crippen LogP contribution in [-0.2, 0) is 11.1 Å². The molecule has 0 aliphatic heterocycles. The van der Waals surface area contributed by atoms with Gasteiger partial charge in [-0.1, -0.05) is 101 Å². The summed E-state index contributed by atoms with van der Waals surface area (Å²) in [5, 5.41) is 0. The van der Waals surface area contributed by atoms with Crippen molar-refractivity contribution in [3.63, 3.8) is 0 Å². The van der Waals surface area contributed by atoms with E-state index in [2.05, 4.69) is 6.92 Å². The zero-order chi connectivity index (χ0) is 14.2. The topological polar surface area (TPSA) is 40.1 Å². The van der Waals surface area contributed by atoms with E-state index in [9.17, 15) is 8.76 Å². The first-order valence-electron chi connectivity index (χ1n) is 8.33. The largest absolute Gasteiger partial charge is 0.772 e. The van der Waals surface area contributed by atoms with Gasteiger partial charge in [-0.25, -0.2) is 0 Å². The molecule has 0 heterocycles. The molecule has 0 spiro atoms. The Balaban J connectivity index is 2.93. The molecule has 0 fully saturated rings. The van der Waals surface area contributed by atoms with Crippen LogP contribution in [0.4, 0.5) is 0 Å². The second-order valence-electron chi connectivity index (χ2n) is 5.60. The van der Waals surface area contributed by atoms with Gasteiger partial charge >= 0.3 is 0 Å². The van der Waals surface area contributed by atoms with Crippen molar-refractivity contribution >= 4 is 11.1 Å². The van der Waals surface area contributed by atoms with Gasteiger partial charge in [-0.2, -0.15) is 0 Å². The van der Waals surface area contributed by atoms with E-state index in [1.165, 1.54) is 77.0 Å². The van der Waals surface area contributed by atoms with Gasteiger partial charge in [-0.3, -0.25) is 4.21 Å². The highest BCUT2D eigenvalue weighted by molar-refractivity contribution is 7.79. The maximum atomic E-state index is 10.3. The minimum Gasteiger partial charge on any atom is -0.772 e. The molecule has 0 aromatic carbocycles. The van der Waals surface area contributed by atoms with Gasteiger partial charge in [0.1, 0.15) is 0 Å². The molecule has 0 aromatic heterocycles. The average molecular weight is 290 g/mol. The van der Waals surface area contributed by atoms with E-state index >= 15 is 0 Å². The van der Waals surface area contributed by atoms with Crippen molar-refractivity contribution in [3.05, 3.63) is 0 Å². The third kappa shape index (κ3) is 18.1. The summed E-state index contributed by atoms with van der Waals surface area (Å²) in [7, 11) is 0. The van der Waals surface area contributed by atoms with Gasteiger partial charge in [-0.05, 0) is 6.42 Å². The van der Waals surface area contributed by atoms with Gasteiger partial charge in [0.05, 0.1) is 0 Å². The van der Waals surface area contributed by atoms with Crippen LogP contribution >= 0.6 is 0 Å². The molecule has 1 unspecified atom stereocenters. The van der Waals surface area contributed by atoms with Crippen LogP contribution in [0.1, 0.15) is 96.8 Å². The predicted octanol–water partition coefficient (Wildman–Crippen LogP) is 5.35. The summed E-state index contributed by atoms with van der Waals surface area (Å²) in [5.41, 5.74) is 0.